The number of pyridine rings is 2. The van der Waals surface area contributed by atoms with Crippen LogP contribution in [0.15, 0.2) is 59.6 Å². The maximum Gasteiger partial charge on any atom is 0.229 e. The van der Waals surface area contributed by atoms with E-state index in [2.05, 4.69) is 15.3 Å². The minimum absolute atomic E-state index is 0.00639. The number of ketones is 1. The van der Waals surface area contributed by atoms with Crippen LogP contribution in [0.1, 0.15) is 53.1 Å². The number of nitrogens with one attached hydrogen (secondary N) is 1. The standard InChI is InChI=1S/C26H27N3O4S/c1-4-34(32,33)20-9-6-18(7-10-20)15-24(30)29-23-12-11-21-22(28-23)13-14-26(3,25(21)31)19-8-5-17(2)27-16-19/h5-12,16H,4,13-15H2,1-3H3,(H,28,29,30). The normalized spacial score (nSPS) is 17.8. The third-order valence-electron chi connectivity index (χ3n) is 6.42. The zero-order chi connectivity index (χ0) is 24.5. The predicted molar refractivity (Wildman–Crippen MR) is 130 cm³/mol. The average molecular weight is 478 g/mol. The second-order valence-corrected chi connectivity index (χ2v) is 11.1. The van der Waals surface area contributed by atoms with Gasteiger partial charge in [-0.1, -0.05) is 25.1 Å². The smallest absolute Gasteiger partial charge is 0.229 e. The molecule has 176 valence electrons. The number of amides is 1. The molecule has 1 unspecified atom stereocenters. The molecule has 2 aromatic heterocycles. The van der Waals surface area contributed by atoms with Gasteiger partial charge in [-0.15, -0.1) is 0 Å². The highest BCUT2D eigenvalue weighted by atomic mass is 32.2. The summed E-state index contributed by atoms with van der Waals surface area (Å²) in [5.74, 6) is 0.158. The van der Waals surface area contributed by atoms with Gasteiger partial charge in [0.2, 0.25) is 5.91 Å². The van der Waals surface area contributed by atoms with Gasteiger partial charge in [-0.25, -0.2) is 13.4 Å². The summed E-state index contributed by atoms with van der Waals surface area (Å²) in [6.07, 6.45) is 3.08. The van der Waals surface area contributed by atoms with Crippen molar-refractivity contribution in [1.82, 2.24) is 9.97 Å². The third kappa shape index (κ3) is 4.63. The van der Waals surface area contributed by atoms with E-state index in [1.807, 2.05) is 26.0 Å². The van der Waals surface area contributed by atoms with E-state index in [0.717, 1.165) is 11.3 Å². The van der Waals surface area contributed by atoms with Crippen molar-refractivity contribution < 1.29 is 18.0 Å². The molecule has 0 saturated heterocycles. The molecule has 0 saturated carbocycles. The van der Waals surface area contributed by atoms with Crippen molar-refractivity contribution in [3.05, 3.63) is 82.8 Å². The molecule has 2 heterocycles. The molecule has 8 heteroatoms. The Labute approximate surface area is 199 Å². The van der Waals surface area contributed by atoms with Crippen molar-refractivity contribution in [2.24, 2.45) is 0 Å². The fourth-order valence-electron chi connectivity index (χ4n) is 4.17. The van der Waals surface area contributed by atoms with Crippen LogP contribution in [0.5, 0.6) is 0 Å². The molecule has 1 N–H and O–H groups in total. The number of aryl methyl sites for hydroxylation is 2. The Balaban J connectivity index is 1.46. The molecule has 1 aliphatic carbocycles. The highest BCUT2D eigenvalue weighted by Crippen LogP contribution is 2.37. The number of aromatic nitrogens is 2. The predicted octanol–water partition coefficient (Wildman–Crippen LogP) is 3.85. The van der Waals surface area contributed by atoms with E-state index in [0.29, 0.717) is 35.5 Å². The number of sulfone groups is 1. The molecule has 1 aromatic carbocycles. The minimum Gasteiger partial charge on any atom is -0.310 e. The Hall–Kier alpha value is -3.39. The van der Waals surface area contributed by atoms with Crippen LogP contribution in [-0.2, 0) is 32.9 Å². The Bertz CT molecular complexity index is 1350. The molecule has 0 fully saturated rings. The van der Waals surface area contributed by atoms with Crippen LogP contribution in [0, 0.1) is 6.92 Å². The van der Waals surface area contributed by atoms with E-state index >= 15 is 0 Å². The van der Waals surface area contributed by atoms with Gasteiger partial charge in [-0.2, -0.15) is 0 Å². The summed E-state index contributed by atoms with van der Waals surface area (Å²) >= 11 is 0. The van der Waals surface area contributed by atoms with Gasteiger partial charge in [0.15, 0.2) is 15.6 Å². The van der Waals surface area contributed by atoms with Crippen LogP contribution in [0.25, 0.3) is 0 Å². The van der Waals surface area contributed by atoms with Gasteiger partial charge in [0.25, 0.3) is 0 Å². The molecular weight excluding hydrogens is 450 g/mol. The van der Waals surface area contributed by atoms with E-state index in [-0.39, 0.29) is 28.8 Å². The minimum atomic E-state index is -3.28. The van der Waals surface area contributed by atoms with Crippen molar-refractivity contribution >= 4 is 27.3 Å². The SMILES string of the molecule is CCS(=O)(=O)c1ccc(CC(=O)Nc2ccc3c(n2)CCC(C)(c2ccc(C)nc2)C3=O)cc1. The lowest BCUT2D eigenvalue weighted by Crippen LogP contribution is -2.38. The summed E-state index contributed by atoms with van der Waals surface area (Å²) in [4.78, 5) is 35.0. The van der Waals surface area contributed by atoms with Crippen LogP contribution >= 0.6 is 0 Å². The van der Waals surface area contributed by atoms with Crippen LogP contribution in [0.3, 0.4) is 0 Å². The van der Waals surface area contributed by atoms with Crippen LogP contribution in [-0.4, -0.2) is 35.8 Å². The van der Waals surface area contributed by atoms with Crippen molar-refractivity contribution in [2.75, 3.05) is 11.1 Å². The highest BCUT2D eigenvalue weighted by molar-refractivity contribution is 7.91. The van der Waals surface area contributed by atoms with Gasteiger partial charge in [0.1, 0.15) is 5.82 Å². The Morgan fingerprint density at radius 2 is 1.82 bits per heavy atom. The molecule has 0 spiro atoms. The van der Waals surface area contributed by atoms with Gasteiger partial charge in [0.05, 0.1) is 28.2 Å². The van der Waals surface area contributed by atoms with E-state index in [1.165, 1.54) is 12.1 Å². The first-order valence-electron chi connectivity index (χ1n) is 11.2. The van der Waals surface area contributed by atoms with Crippen molar-refractivity contribution in [2.45, 2.75) is 50.3 Å². The third-order valence-corrected chi connectivity index (χ3v) is 8.18. The summed E-state index contributed by atoms with van der Waals surface area (Å²) < 4.78 is 23.9. The molecule has 3 aromatic rings. The average Bonchev–Trinajstić information content (AvgIpc) is 2.82. The number of nitrogens with zero attached hydrogens (tertiary/aromatic N) is 2. The molecule has 34 heavy (non-hydrogen) atoms. The Morgan fingerprint density at radius 3 is 2.47 bits per heavy atom. The number of hydrogen-bond donors (Lipinski definition) is 1. The fraction of sp³-hybridized carbons (Fsp3) is 0.308. The summed E-state index contributed by atoms with van der Waals surface area (Å²) in [5.41, 5.74) is 3.08. The van der Waals surface area contributed by atoms with Crippen LogP contribution in [0.4, 0.5) is 5.82 Å². The zero-order valence-corrected chi connectivity index (χ0v) is 20.3. The Morgan fingerprint density at radius 1 is 1.09 bits per heavy atom. The number of hydrogen-bond acceptors (Lipinski definition) is 6. The van der Waals surface area contributed by atoms with Gasteiger partial charge in [0, 0.05) is 17.5 Å². The molecule has 0 radical (unpaired) electrons. The number of fused-ring (bicyclic) bond motifs is 1. The maximum absolute atomic E-state index is 13.3. The second-order valence-electron chi connectivity index (χ2n) is 8.81. The molecule has 1 aliphatic rings. The largest absolute Gasteiger partial charge is 0.310 e. The number of carbonyl (C=O) groups is 2. The van der Waals surface area contributed by atoms with Gasteiger partial charge < -0.3 is 5.32 Å². The lowest BCUT2D eigenvalue weighted by molar-refractivity contribution is -0.115. The molecule has 0 aliphatic heterocycles. The van der Waals surface area contributed by atoms with Gasteiger partial charge >= 0.3 is 0 Å². The maximum atomic E-state index is 13.3. The second kappa shape index (κ2) is 9.10. The lowest BCUT2D eigenvalue weighted by atomic mass is 9.69. The molecular formula is C26H27N3O4S. The summed E-state index contributed by atoms with van der Waals surface area (Å²) in [5, 5.41) is 2.78. The summed E-state index contributed by atoms with van der Waals surface area (Å²) in [7, 11) is -3.28. The highest BCUT2D eigenvalue weighted by Gasteiger charge is 2.40. The summed E-state index contributed by atoms with van der Waals surface area (Å²) in [6.45, 7) is 5.45. The molecule has 1 amide bonds. The van der Waals surface area contributed by atoms with E-state index in [4.69, 9.17) is 0 Å². The monoisotopic (exact) mass is 477 g/mol. The van der Waals surface area contributed by atoms with E-state index in [1.54, 1.807) is 37.4 Å². The number of carbonyl (C=O) groups excluding carboxylic acids is 2. The number of benzene rings is 1. The van der Waals surface area contributed by atoms with Crippen LogP contribution in [0.2, 0.25) is 0 Å². The lowest BCUT2D eigenvalue weighted by Gasteiger charge is -2.33. The first-order valence-corrected chi connectivity index (χ1v) is 12.9. The molecule has 4 rings (SSSR count). The van der Waals surface area contributed by atoms with Gasteiger partial charge in [-0.3, -0.25) is 14.6 Å². The van der Waals surface area contributed by atoms with Crippen molar-refractivity contribution in [3.63, 3.8) is 0 Å². The van der Waals surface area contributed by atoms with Gasteiger partial charge in [-0.05, 0) is 68.1 Å². The first kappa shape index (κ1) is 23.8. The topological polar surface area (TPSA) is 106 Å². The molecule has 0 bridgehead atoms. The molecule has 1 atom stereocenters. The fourth-order valence-corrected chi connectivity index (χ4v) is 5.05. The van der Waals surface area contributed by atoms with Crippen molar-refractivity contribution in [3.8, 4) is 0 Å². The quantitative estimate of drug-likeness (QED) is 0.578. The summed E-state index contributed by atoms with van der Waals surface area (Å²) in [6, 6.07) is 13.6. The van der Waals surface area contributed by atoms with E-state index in [9.17, 15) is 18.0 Å². The Kier molecular flexibility index (Phi) is 6.36. The van der Waals surface area contributed by atoms with Crippen molar-refractivity contribution in [1.29, 1.82) is 0 Å². The number of Topliss-reactive ketones (excluding diaryl/α,β-unsaturated/α-hetero) is 1. The van der Waals surface area contributed by atoms with E-state index < -0.39 is 15.3 Å². The zero-order valence-electron chi connectivity index (χ0n) is 19.5. The number of rotatable bonds is 6. The van der Waals surface area contributed by atoms with Crippen LogP contribution < -0.4 is 5.32 Å². The molecule has 7 nitrogen and oxygen atoms in total. The number of anilines is 1. The first-order chi connectivity index (χ1) is 16.1.